The van der Waals surface area contributed by atoms with Crippen LogP contribution >= 0.6 is 0 Å². The highest BCUT2D eigenvalue weighted by molar-refractivity contribution is 5.87. The lowest BCUT2D eigenvalue weighted by Crippen LogP contribution is -2.64. The van der Waals surface area contributed by atoms with Gasteiger partial charge in [-0.05, 0) is 54.8 Å². The molecule has 20 nitrogen and oxygen atoms in total. The fraction of sp³-hybridized carbons (Fsp3) is 0.579. The Bertz CT molecular complexity index is 1670. The molecule has 3 heterocycles. The van der Waals surface area contributed by atoms with Gasteiger partial charge in [-0.15, -0.1) is 0 Å². The summed E-state index contributed by atoms with van der Waals surface area (Å²) in [5.41, 5.74) is 1.02. The molecule has 3 saturated heterocycles. The number of rotatable bonds is 15. The van der Waals surface area contributed by atoms with Crippen molar-refractivity contribution in [3.63, 3.8) is 0 Å². The topological polar surface area (TPSA) is 310 Å². The second-order valence-electron chi connectivity index (χ2n) is 14.1. The Morgan fingerprint density at radius 1 is 0.672 bits per heavy atom. The first-order valence-electron chi connectivity index (χ1n) is 18.4. The molecule has 10 N–H and O–H groups in total. The lowest BCUT2D eigenvalue weighted by atomic mass is 9.95. The second-order valence-corrected chi connectivity index (χ2v) is 14.1. The highest BCUT2D eigenvalue weighted by Gasteiger charge is 2.53. The van der Waals surface area contributed by atoms with E-state index in [0.717, 1.165) is 13.0 Å². The molecule has 20 heteroatoms. The van der Waals surface area contributed by atoms with Crippen molar-refractivity contribution >= 4 is 18.0 Å². The first-order valence-corrected chi connectivity index (χ1v) is 18.4. The third-order valence-electron chi connectivity index (χ3n) is 9.84. The zero-order valence-electron chi connectivity index (χ0n) is 31.4. The molecular weight excluding hydrogens is 776 g/mol. The van der Waals surface area contributed by atoms with E-state index in [1.165, 1.54) is 55.5 Å². The van der Waals surface area contributed by atoms with Crippen molar-refractivity contribution in [3.8, 4) is 17.2 Å². The molecule has 0 aromatic heterocycles. The maximum Gasteiger partial charge on any atom is 0.331 e. The fourth-order valence-corrected chi connectivity index (χ4v) is 6.61. The summed E-state index contributed by atoms with van der Waals surface area (Å²) in [5, 5.41) is 102. The number of carbonyl (C=O) groups is 2. The zero-order valence-corrected chi connectivity index (χ0v) is 31.4. The third-order valence-corrected chi connectivity index (χ3v) is 9.84. The molecule has 322 valence electrons. The number of benzene rings is 2. The molecule has 0 saturated carbocycles. The number of hydrogen-bond donors (Lipinski definition) is 10. The van der Waals surface area contributed by atoms with Gasteiger partial charge in [0.1, 0.15) is 66.8 Å². The summed E-state index contributed by atoms with van der Waals surface area (Å²) in [6, 6.07) is 9.92. The molecule has 3 aliphatic rings. The normalized spacial score (nSPS) is 35.4. The van der Waals surface area contributed by atoms with Crippen LogP contribution in [0.1, 0.15) is 25.0 Å². The SMILES string of the molecule is CC(=O)O[C@H]1[C@H](OCCc2ccc(O)c(O)c2)O[C@H](CO[C@@H]2O[C@H](CO)[C@@H](O)[C@H](O)[C@H]2O)[C@@H](OC(=O)C=Cc2ccc(O)cc2)[C@@H]1OC[C@@H]1O[C@@H](C)[C@H](O)[C@@H](O)[C@H]1O. The van der Waals surface area contributed by atoms with Crippen LogP contribution in [0.5, 0.6) is 17.2 Å². The first kappa shape index (κ1) is 45.1. The number of aromatic hydroxyl groups is 3. The molecule has 0 amide bonds. The molecule has 0 radical (unpaired) electrons. The fourth-order valence-electron chi connectivity index (χ4n) is 6.61. The average Bonchev–Trinajstić information content (AvgIpc) is 3.19. The number of phenols is 3. The number of aliphatic hydroxyl groups excluding tert-OH is 7. The maximum absolute atomic E-state index is 13.5. The number of ether oxygens (including phenoxy) is 8. The van der Waals surface area contributed by atoms with E-state index in [4.69, 9.17) is 37.9 Å². The van der Waals surface area contributed by atoms with Gasteiger partial charge in [0.15, 0.2) is 36.3 Å². The zero-order chi connectivity index (χ0) is 42.3. The summed E-state index contributed by atoms with van der Waals surface area (Å²) in [5.74, 6) is -2.58. The lowest BCUT2D eigenvalue weighted by Gasteiger charge is -2.46. The van der Waals surface area contributed by atoms with Crippen LogP contribution in [-0.2, 0) is 53.9 Å². The highest BCUT2D eigenvalue weighted by atomic mass is 16.7. The van der Waals surface area contributed by atoms with Crippen LogP contribution < -0.4 is 0 Å². The molecule has 58 heavy (non-hydrogen) atoms. The molecule has 3 fully saturated rings. The summed E-state index contributed by atoms with van der Waals surface area (Å²) in [6.45, 7) is 0.437. The molecule has 0 bridgehead atoms. The van der Waals surface area contributed by atoms with Crippen LogP contribution in [0, 0.1) is 0 Å². The molecule has 0 unspecified atom stereocenters. The quantitative estimate of drug-likeness (QED) is 0.0514. The van der Waals surface area contributed by atoms with Gasteiger partial charge in [0.2, 0.25) is 0 Å². The van der Waals surface area contributed by atoms with E-state index in [1.54, 1.807) is 0 Å². The van der Waals surface area contributed by atoms with E-state index < -0.39 is 124 Å². The largest absolute Gasteiger partial charge is 0.508 e. The van der Waals surface area contributed by atoms with Gasteiger partial charge < -0.3 is 89.0 Å². The highest BCUT2D eigenvalue weighted by Crippen LogP contribution is 2.33. The van der Waals surface area contributed by atoms with Crippen LogP contribution in [0.3, 0.4) is 0 Å². The van der Waals surface area contributed by atoms with E-state index in [0.29, 0.717) is 11.1 Å². The number of phenolic OH excluding ortho intramolecular Hbond substituents is 3. The molecule has 0 spiro atoms. The van der Waals surface area contributed by atoms with E-state index in [-0.39, 0.29) is 30.3 Å². The second kappa shape index (κ2) is 20.3. The van der Waals surface area contributed by atoms with Gasteiger partial charge in [-0.1, -0.05) is 18.2 Å². The molecule has 0 aliphatic carbocycles. The predicted octanol–water partition coefficient (Wildman–Crippen LogP) is -2.28. The monoisotopic (exact) mass is 826 g/mol. The van der Waals surface area contributed by atoms with Crippen molar-refractivity contribution in [1.82, 2.24) is 0 Å². The summed E-state index contributed by atoms with van der Waals surface area (Å²) in [6.07, 6.45) is -20.4. The van der Waals surface area contributed by atoms with Crippen LogP contribution in [0.2, 0.25) is 0 Å². The molecule has 2 aromatic rings. The van der Waals surface area contributed by atoms with Crippen molar-refractivity contribution in [2.75, 3.05) is 26.4 Å². The van der Waals surface area contributed by atoms with Crippen molar-refractivity contribution in [2.45, 2.75) is 112 Å². The standard InChI is InChI=1S/C38H50O20/c1-17-28(45)31(48)30(47)25(54-17)15-52-35-34(58-27(44)10-6-19-3-7-21(41)8-4-19)26(16-53-37-33(50)32(49)29(46)24(14-39)56-37)57-38(36(35)55-18(2)40)51-12-11-20-5-9-22(42)23(43)13-20/h3-10,13,17,24-26,28-39,41-43,45-50H,11-12,14-16H2,1-2H3/t17-,24+,25-,26+,28-,29+,30-,31+,32-,33+,34+,35-,36+,37+,38+/m0/s1. The van der Waals surface area contributed by atoms with Crippen molar-refractivity contribution < 1.29 is 98.5 Å². The van der Waals surface area contributed by atoms with Gasteiger partial charge in [-0.3, -0.25) is 4.79 Å². The van der Waals surface area contributed by atoms with Gasteiger partial charge >= 0.3 is 11.9 Å². The van der Waals surface area contributed by atoms with Crippen LogP contribution in [0.15, 0.2) is 48.5 Å². The number of aliphatic hydroxyl groups is 7. The average molecular weight is 827 g/mol. The van der Waals surface area contributed by atoms with Crippen molar-refractivity contribution in [1.29, 1.82) is 0 Å². The molecular formula is C38H50O20. The van der Waals surface area contributed by atoms with Crippen LogP contribution in [0.4, 0.5) is 0 Å². The van der Waals surface area contributed by atoms with Gasteiger partial charge in [0, 0.05) is 13.0 Å². The number of esters is 2. The number of carbonyl (C=O) groups excluding carboxylic acids is 2. The lowest BCUT2D eigenvalue weighted by molar-refractivity contribution is -0.337. The Morgan fingerprint density at radius 2 is 1.33 bits per heavy atom. The van der Waals surface area contributed by atoms with Crippen LogP contribution in [0.25, 0.3) is 6.08 Å². The molecule has 15 atom stereocenters. The smallest absolute Gasteiger partial charge is 0.331 e. The van der Waals surface area contributed by atoms with Gasteiger partial charge in [-0.25, -0.2) is 4.79 Å². The summed E-state index contributed by atoms with van der Waals surface area (Å²) in [7, 11) is 0. The summed E-state index contributed by atoms with van der Waals surface area (Å²) < 4.78 is 46.9. The van der Waals surface area contributed by atoms with Gasteiger partial charge in [0.25, 0.3) is 0 Å². The molecule has 5 rings (SSSR count). The Balaban J connectivity index is 1.47. The summed E-state index contributed by atoms with van der Waals surface area (Å²) in [4.78, 5) is 26.1. The van der Waals surface area contributed by atoms with E-state index in [2.05, 4.69) is 0 Å². The van der Waals surface area contributed by atoms with Crippen molar-refractivity contribution in [3.05, 3.63) is 59.7 Å². The minimum Gasteiger partial charge on any atom is -0.508 e. The van der Waals surface area contributed by atoms with Gasteiger partial charge in [0.05, 0.1) is 32.5 Å². The Labute approximate surface area is 331 Å². The molecule has 2 aromatic carbocycles. The van der Waals surface area contributed by atoms with E-state index in [9.17, 15) is 60.7 Å². The van der Waals surface area contributed by atoms with E-state index in [1.807, 2.05) is 0 Å². The molecule has 3 aliphatic heterocycles. The predicted molar refractivity (Wildman–Crippen MR) is 192 cm³/mol. The Morgan fingerprint density at radius 3 is 2.00 bits per heavy atom. The van der Waals surface area contributed by atoms with Gasteiger partial charge in [-0.2, -0.15) is 0 Å². The maximum atomic E-state index is 13.5. The van der Waals surface area contributed by atoms with E-state index >= 15 is 0 Å². The first-order chi connectivity index (χ1) is 27.6. The van der Waals surface area contributed by atoms with Crippen LogP contribution in [-0.4, -0.2) is 181 Å². The number of hydrogen-bond acceptors (Lipinski definition) is 20. The Hall–Kier alpha value is -4.00. The minimum atomic E-state index is -1.83. The third kappa shape index (κ3) is 11.2. The Kier molecular flexibility index (Phi) is 15.8. The van der Waals surface area contributed by atoms with Crippen molar-refractivity contribution in [2.24, 2.45) is 0 Å². The minimum absolute atomic E-state index is 0.0145. The summed E-state index contributed by atoms with van der Waals surface area (Å²) >= 11 is 0.